The van der Waals surface area contributed by atoms with E-state index in [1.807, 2.05) is 12.1 Å². The normalized spacial score (nSPS) is 17.5. The van der Waals surface area contributed by atoms with E-state index in [0.717, 1.165) is 33.1 Å². The Morgan fingerprint density at radius 3 is 2.11 bits per heavy atom. The van der Waals surface area contributed by atoms with Crippen LogP contribution in [0.4, 0.5) is 0 Å². The van der Waals surface area contributed by atoms with Crippen molar-refractivity contribution >= 4 is 31.9 Å². The van der Waals surface area contributed by atoms with Gasteiger partial charge in [-0.3, -0.25) is 0 Å². The van der Waals surface area contributed by atoms with Crippen molar-refractivity contribution in [2.75, 3.05) is 0 Å². The molecular weight excluding hydrogens is 360 g/mol. The van der Waals surface area contributed by atoms with E-state index in [1.165, 1.54) is 25.7 Å². The van der Waals surface area contributed by atoms with Crippen molar-refractivity contribution in [3.8, 4) is 5.75 Å². The first-order valence-corrected chi connectivity index (χ1v) is 8.04. The molecule has 1 aromatic rings. The lowest BCUT2D eigenvalue weighted by atomic mass is 10.1. The summed E-state index contributed by atoms with van der Waals surface area (Å²) in [5, 5.41) is 9.15. The van der Waals surface area contributed by atoms with Gasteiger partial charge in [0.25, 0.3) is 0 Å². The largest absolute Gasteiger partial charge is 0.488 e. The second kappa shape index (κ2) is 6.92. The third-order valence-corrected chi connectivity index (χ3v) is 4.51. The number of rotatable bonds is 3. The average Bonchev–Trinajstić information content (AvgIpc) is 2.62. The van der Waals surface area contributed by atoms with Crippen LogP contribution in [-0.4, -0.2) is 11.2 Å². The molecule has 1 aliphatic carbocycles. The van der Waals surface area contributed by atoms with Crippen molar-refractivity contribution in [2.45, 2.75) is 51.2 Å². The van der Waals surface area contributed by atoms with Gasteiger partial charge in [0.2, 0.25) is 0 Å². The third kappa shape index (κ3) is 3.72. The second-order valence-electron chi connectivity index (χ2n) is 4.78. The van der Waals surface area contributed by atoms with Crippen molar-refractivity contribution in [3.63, 3.8) is 0 Å². The first-order valence-electron chi connectivity index (χ1n) is 6.46. The lowest BCUT2D eigenvalue weighted by Gasteiger charge is -2.19. The fourth-order valence-corrected chi connectivity index (χ4v) is 3.81. The molecule has 0 aromatic heterocycles. The molecule has 2 rings (SSSR count). The summed E-state index contributed by atoms with van der Waals surface area (Å²) in [5.74, 6) is 0.860. The number of benzene rings is 1. The Balaban J connectivity index is 2.12. The molecule has 1 fully saturated rings. The molecule has 1 saturated carbocycles. The number of aliphatic hydroxyl groups is 1. The number of halogens is 2. The summed E-state index contributed by atoms with van der Waals surface area (Å²) in [4.78, 5) is 0. The van der Waals surface area contributed by atoms with Crippen LogP contribution in [0.5, 0.6) is 5.75 Å². The fourth-order valence-electron chi connectivity index (χ4n) is 2.34. The van der Waals surface area contributed by atoms with E-state index < -0.39 is 0 Å². The lowest BCUT2D eigenvalue weighted by Crippen LogP contribution is -2.15. The van der Waals surface area contributed by atoms with E-state index in [9.17, 15) is 0 Å². The molecule has 0 spiro atoms. The maximum atomic E-state index is 9.15. The van der Waals surface area contributed by atoms with Gasteiger partial charge in [0.15, 0.2) is 0 Å². The number of ether oxygens (including phenoxy) is 1. The van der Waals surface area contributed by atoms with Gasteiger partial charge in [0, 0.05) is 0 Å². The molecular formula is C14H18Br2O2. The first-order chi connectivity index (χ1) is 8.70. The summed E-state index contributed by atoms with van der Waals surface area (Å²) in [6, 6.07) is 3.83. The predicted octanol–water partition coefficient (Wildman–Crippen LogP) is 4.81. The van der Waals surface area contributed by atoms with E-state index in [0.29, 0.717) is 6.10 Å². The SMILES string of the molecule is OCc1cc(Br)c(OC2CCCCCC2)c(Br)c1. The Bertz CT molecular complexity index is 376. The molecule has 0 heterocycles. The summed E-state index contributed by atoms with van der Waals surface area (Å²) < 4.78 is 7.94. The Hall–Kier alpha value is -0.0600. The minimum atomic E-state index is 0.0426. The van der Waals surface area contributed by atoms with Crippen LogP contribution in [0.2, 0.25) is 0 Å². The smallest absolute Gasteiger partial charge is 0.148 e. The van der Waals surface area contributed by atoms with Crippen molar-refractivity contribution in [1.29, 1.82) is 0 Å². The molecule has 1 aliphatic rings. The molecule has 0 saturated heterocycles. The summed E-state index contributed by atoms with van der Waals surface area (Å²) in [7, 11) is 0. The summed E-state index contributed by atoms with van der Waals surface area (Å²) in [6.07, 6.45) is 7.77. The van der Waals surface area contributed by atoms with E-state index in [1.54, 1.807) is 0 Å². The molecule has 0 unspecified atom stereocenters. The van der Waals surface area contributed by atoms with Crippen LogP contribution in [-0.2, 0) is 6.61 Å². The molecule has 2 nitrogen and oxygen atoms in total. The molecule has 1 aromatic carbocycles. The van der Waals surface area contributed by atoms with Crippen LogP contribution in [0.25, 0.3) is 0 Å². The Labute approximate surface area is 125 Å². The maximum Gasteiger partial charge on any atom is 0.148 e. The van der Waals surface area contributed by atoms with Crippen molar-refractivity contribution < 1.29 is 9.84 Å². The Morgan fingerprint density at radius 1 is 1.06 bits per heavy atom. The zero-order chi connectivity index (χ0) is 13.0. The lowest BCUT2D eigenvalue weighted by molar-refractivity contribution is 0.181. The third-order valence-electron chi connectivity index (χ3n) is 3.33. The first kappa shape index (κ1) is 14.4. The van der Waals surface area contributed by atoms with Gasteiger partial charge in [-0.25, -0.2) is 0 Å². The quantitative estimate of drug-likeness (QED) is 0.766. The van der Waals surface area contributed by atoms with Crippen LogP contribution in [0.15, 0.2) is 21.1 Å². The average molecular weight is 378 g/mol. The fraction of sp³-hybridized carbons (Fsp3) is 0.571. The van der Waals surface area contributed by atoms with Crippen LogP contribution in [0.3, 0.4) is 0 Å². The standard InChI is InChI=1S/C14H18Br2O2/c15-12-7-10(9-17)8-13(16)14(12)18-11-5-3-1-2-4-6-11/h7-8,11,17H,1-6,9H2. The van der Waals surface area contributed by atoms with E-state index >= 15 is 0 Å². The minimum absolute atomic E-state index is 0.0426. The van der Waals surface area contributed by atoms with E-state index in [4.69, 9.17) is 9.84 Å². The Kier molecular flexibility index (Phi) is 5.52. The van der Waals surface area contributed by atoms with Gasteiger partial charge in [0.05, 0.1) is 21.7 Å². The summed E-state index contributed by atoms with van der Waals surface area (Å²) in [6.45, 7) is 0.0426. The van der Waals surface area contributed by atoms with Gasteiger partial charge in [0.1, 0.15) is 5.75 Å². The van der Waals surface area contributed by atoms with Gasteiger partial charge in [-0.15, -0.1) is 0 Å². The number of hydrogen-bond acceptors (Lipinski definition) is 2. The topological polar surface area (TPSA) is 29.5 Å². The zero-order valence-corrected chi connectivity index (χ0v) is 13.5. The maximum absolute atomic E-state index is 9.15. The molecule has 0 aliphatic heterocycles. The van der Waals surface area contributed by atoms with Crippen LogP contribution in [0, 0.1) is 0 Å². The van der Waals surface area contributed by atoms with Crippen LogP contribution in [0.1, 0.15) is 44.1 Å². The van der Waals surface area contributed by atoms with Gasteiger partial charge in [-0.2, -0.15) is 0 Å². The minimum Gasteiger partial charge on any atom is -0.488 e. The van der Waals surface area contributed by atoms with Crippen LogP contribution < -0.4 is 4.74 Å². The van der Waals surface area contributed by atoms with E-state index in [-0.39, 0.29) is 6.61 Å². The van der Waals surface area contributed by atoms with Crippen LogP contribution >= 0.6 is 31.9 Å². The highest BCUT2D eigenvalue weighted by molar-refractivity contribution is 9.11. The monoisotopic (exact) mass is 376 g/mol. The highest BCUT2D eigenvalue weighted by Gasteiger charge is 2.17. The summed E-state index contributed by atoms with van der Waals surface area (Å²) in [5.41, 5.74) is 0.877. The highest BCUT2D eigenvalue weighted by atomic mass is 79.9. The molecule has 0 atom stereocenters. The van der Waals surface area contributed by atoms with E-state index in [2.05, 4.69) is 31.9 Å². The number of hydrogen-bond donors (Lipinski definition) is 1. The molecule has 1 N–H and O–H groups in total. The number of aliphatic hydroxyl groups excluding tert-OH is 1. The van der Waals surface area contributed by atoms with Crippen molar-refractivity contribution in [1.82, 2.24) is 0 Å². The van der Waals surface area contributed by atoms with Crippen molar-refractivity contribution in [2.24, 2.45) is 0 Å². The summed E-state index contributed by atoms with van der Waals surface area (Å²) >= 11 is 7.04. The highest BCUT2D eigenvalue weighted by Crippen LogP contribution is 2.37. The molecule has 100 valence electrons. The predicted molar refractivity (Wildman–Crippen MR) is 79.9 cm³/mol. The molecule has 4 heteroatoms. The van der Waals surface area contributed by atoms with Gasteiger partial charge < -0.3 is 9.84 Å². The van der Waals surface area contributed by atoms with Crippen molar-refractivity contribution in [3.05, 3.63) is 26.6 Å². The second-order valence-corrected chi connectivity index (χ2v) is 6.49. The molecule has 18 heavy (non-hydrogen) atoms. The molecule has 0 radical (unpaired) electrons. The van der Waals surface area contributed by atoms with Gasteiger partial charge >= 0.3 is 0 Å². The molecule has 0 amide bonds. The van der Waals surface area contributed by atoms with Gasteiger partial charge in [-0.05, 0) is 75.2 Å². The molecule has 0 bridgehead atoms. The Morgan fingerprint density at radius 2 is 1.61 bits per heavy atom. The zero-order valence-electron chi connectivity index (χ0n) is 10.3. The van der Waals surface area contributed by atoms with Gasteiger partial charge in [-0.1, -0.05) is 12.8 Å².